The van der Waals surface area contributed by atoms with Gasteiger partial charge in [0.25, 0.3) is 0 Å². The average molecular weight is 323 g/mol. The third-order valence-electron chi connectivity index (χ3n) is 3.33. The highest BCUT2D eigenvalue weighted by molar-refractivity contribution is 6.05. The number of hydrazone groups is 1. The van der Waals surface area contributed by atoms with Gasteiger partial charge in [0.15, 0.2) is 0 Å². The quantitative estimate of drug-likeness (QED) is 0.633. The minimum atomic E-state index is -0.209. The van der Waals surface area contributed by atoms with Crippen LogP contribution in [0.4, 0.5) is 5.69 Å². The number of carbonyl (C=O) groups is 2. The summed E-state index contributed by atoms with van der Waals surface area (Å²) in [5.41, 5.74) is 5.81. The molecule has 0 heterocycles. The molecule has 5 heteroatoms. The van der Waals surface area contributed by atoms with Crippen LogP contribution in [0.5, 0.6) is 0 Å². The molecule has 5 nitrogen and oxygen atoms in total. The Bertz CT molecular complexity index is 722. The first-order chi connectivity index (χ1) is 11.5. The smallest absolute Gasteiger partial charge is 0.244 e. The Morgan fingerprint density at radius 1 is 0.958 bits per heavy atom. The molecule has 124 valence electrons. The Morgan fingerprint density at radius 3 is 2.29 bits per heavy atom. The zero-order chi connectivity index (χ0) is 17.4. The molecule has 2 aromatic rings. The molecule has 0 unspecified atom stereocenters. The van der Waals surface area contributed by atoms with Gasteiger partial charge in [-0.05, 0) is 31.5 Å². The molecule has 2 N–H and O–H groups in total. The standard InChI is InChI=1S/C19H21N3O2/c1-14-8-10-17(11-9-14)20-18(23)12-15(2)21-22-19(24)13-16-6-4-3-5-7-16/h3-11H,12-13H2,1-2H3,(H,20,23)(H,22,24)/b21-15+. The third-order valence-corrected chi connectivity index (χ3v) is 3.33. The van der Waals surface area contributed by atoms with Crippen molar-refractivity contribution in [2.75, 3.05) is 5.32 Å². The van der Waals surface area contributed by atoms with Crippen molar-refractivity contribution < 1.29 is 9.59 Å². The summed E-state index contributed by atoms with van der Waals surface area (Å²) < 4.78 is 0. The van der Waals surface area contributed by atoms with Crippen molar-refractivity contribution in [1.82, 2.24) is 5.43 Å². The van der Waals surface area contributed by atoms with Crippen LogP contribution in [0.3, 0.4) is 0 Å². The second-order valence-corrected chi connectivity index (χ2v) is 5.64. The first-order valence-corrected chi connectivity index (χ1v) is 7.75. The number of carbonyl (C=O) groups excluding carboxylic acids is 2. The van der Waals surface area contributed by atoms with Gasteiger partial charge >= 0.3 is 0 Å². The molecule has 0 aromatic heterocycles. The number of hydrogen-bond donors (Lipinski definition) is 2. The Balaban J connectivity index is 1.79. The highest BCUT2D eigenvalue weighted by atomic mass is 16.2. The molecule has 0 atom stereocenters. The van der Waals surface area contributed by atoms with Crippen molar-refractivity contribution in [2.45, 2.75) is 26.7 Å². The molecule has 2 amide bonds. The summed E-state index contributed by atoms with van der Waals surface area (Å²) in [5.74, 6) is -0.378. The maximum Gasteiger partial charge on any atom is 0.244 e. The number of aryl methyl sites for hydroxylation is 1. The first-order valence-electron chi connectivity index (χ1n) is 7.75. The summed E-state index contributed by atoms with van der Waals surface area (Å²) in [6.07, 6.45) is 0.382. The van der Waals surface area contributed by atoms with Crippen LogP contribution in [0, 0.1) is 6.92 Å². The molecule has 2 rings (SSSR count). The lowest BCUT2D eigenvalue weighted by molar-refractivity contribution is -0.120. The molecule has 2 aromatic carbocycles. The molecule has 0 radical (unpaired) electrons. The summed E-state index contributed by atoms with van der Waals surface area (Å²) in [6, 6.07) is 17.0. The molecule has 0 saturated heterocycles. The summed E-state index contributed by atoms with van der Waals surface area (Å²) >= 11 is 0. The van der Waals surface area contributed by atoms with E-state index in [1.54, 1.807) is 6.92 Å². The van der Waals surface area contributed by atoms with E-state index in [4.69, 9.17) is 0 Å². The summed E-state index contributed by atoms with van der Waals surface area (Å²) in [7, 11) is 0. The van der Waals surface area contributed by atoms with Crippen molar-refractivity contribution in [3.63, 3.8) is 0 Å². The van der Waals surface area contributed by atoms with E-state index in [0.29, 0.717) is 5.71 Å². The molecule has 0 aliphatic carbocycles. The first kappa shape index (κ1) is 17.4. The molecule has 0 spiro atoms. The summed E-state index contributed by atoms with van der Waals surface area (Å²) in [6.45, 7) is 3.69. The van der Waals surface area contributed by atoms with Crippen molar-refractivity contribution >= 4 is 23.2 Å². The van der Waals surface area contributed by atoms with Gasteiger partial charge < -0.3 is 5.32 Å². The number of nitrogens with zero attached hydrogens (tertiary/aromatic N) is 1. The fraction of sp³-hybridized carbons (Fsp3) is 0.211. The molecule has 0 aliphatic rings. The summed E-state index contributed by atoms with van der Waals surface area (Å²) in [4.78, 5) is 23.7. The average Bonchev–Trinajstić information content (AvgIpc) is 2.56. The van der Waals surface area contributed by atoms with E-state index in [0.717, 1.165) is 16.8 Å². The minimum absolute atomic E-state index is 0.124. The van der Waals surface area contributed by atoms with E-state index in [-0.39, 0.29) is 24.7 Å². The number of anilines is 1. The summed E-state index contributed by atoms with van der Waals surface area (Å²) in [5, 5.41) is 6.77. The minimum Gasteiger partial charge on any atom is -0.326 e. The van der Waals surface area contributed by atoms with Gasteiger partial charge in [-0.15, -0.1) is 0 Å². The predicted molar refractivity (Wildman–Crippen MR) is 95.8 cm³/mol. The molecule has 24 heavy (non-hydrogen) atoms. The van der Waals surface area contributed by atoms with Gasteiger partial charge in [-0.2, -0.15) is 5.10 Å². The second kappa shape index (κ2) is 8.62. The van der Waals surface area contributed by atoms with Crippen molar-refractivity contribution in [1.29, 1.82) is 0 Å². The third kappa shape index (κ3) is 6.04. The number of hydrogen-bond acceptors (Lipinski definition) is 3. The van der Waals surface area contributed by atoms with Crippen LogP contribution in [-0.4, -0.2) is 17.5 Å². The number of rotatable bonds is 6. The maximum absolute atomic E-state index is 11.9. The number of nitrogens with one attached hydrogen (secondary N) is 2. The Morgan fingerprint density at radius 2 is 1.62 bits per heavy atom. The van der Waals surface area contributed by atoms with E-state index in [9.17, 15) is 9.59 Å². The highest BCUT2D eigenvalue weighted by Crippen LogP contribution is 2.09. The SMILES string of the molecule is C/C(CC(=O)Nc1ccc(C)cc1)=N\NC(=O)Cc1ccccc1. The molecule has 0 aliphatic heterocycles. The van der Waals surface area contributed by atoms with Crippen LogP contribution < -0.4 is 10.7 Å². The van der Waals surface area contributed by atoms with Crippen LogP contribution >= 0.6 is 0 Å². The van der Waals surface area contributed by atoms with Crippen molar-refractivity contribution in [3.8, 4) is 0 Å². The van der Waals surface area contributed by atoms with E-state index in [1.807, 2.05) is 61.5 Å². The van der Waals surface area contributed by atoms with Gasteiger partial charge in [0.2, 0.25) is 11.8 Å². The zero-order valence-corrected chi connectivity index (χ0v) is 13.9. The molecule has 0 bridgehead atoms. The normalized spacial score (nSPS) is 11.0. The van der Waals surface area contributed by atoms with Gasteiger partial charge in [0.1, 0.15) is 0 Å². The van der Waals surface area contributed by atoms with Crippen molar-refractivity contribution in [3.05, 3.63) is 65.7 Å². The molecular formula is C19H21N3O2. The predicted octanol–water partition coefficient (Wildman–Crippen LogP) is 3.06. The van der Waals surface area contributed by atoms with E-state index in [2.05, 4.69) is 15.8 Å². The van der Waals surface area contributed by atoms with Gasteiger partial charge in [-0.25, -0.2) is 5.43 Å². The van der Waals surface area contributed by atoms with Crippen molar-refractivity contribution in [2.24, 2.45) is 5.10 Å². The zero-order valence-electron chi connectivity index (χ0n) is 13.9. The topological polar surface area (TPSA) is 70.6 Å². The fourth-order valence-electron chi connectivity index (χ4n) is 2.09. The Labute approximate surface area is 141 Å². The van der Waals surface area contributed by atoms with Crippen LogP contribution in [0.15, 0.2) is 59.7 Å². The number of benzene rings is 2. The van der Waals surface area contributed by atoms with Crippen LogP contribution in [0.2, 0.25) is 0 Å². The lowest BCUT2D eigenvalue weighted by Crippen LogP contribution is -2.22. The van der Waals surface area contributed by atoms with Gasteiger partial charge in [-0.1, -0.05) is 48.0 Å². The lowest BCUT2D eigenvalue weighted by Gasteiger charge is -2.06. The molecule has 0 saturated carbocycles. The van der Waals surface area contributed by atoms with Gasteiger partial charge in [0, 0.05) is 11.4 Å². The van der Waals surface area contributed by atoms with E-state index >= 15 is 0 Å². The van der Waals surface area contributed by atoms with Crippen LogP contribution in [-0.2, 0) is 16.0 Å². The monoisotopic (exact) mass is 323 g/mol. The van der Waals surface area contributed by atoms with Crippen LogP contribution in [0.25, 0.3) is 0 Å². The highest BCUT2D eigenvalue weighted by Gasteiger charge is 2.06. The van der Waals surface area contributed by atoms with Gasteiger partial charge in [-0.3, -0.25) is 9.59 Å². The number of amides is 2. The largest absolute Gasteiger partial charge is 0.326 e. The van der Waals surface area contributed by atoms with Gasteiger partial charge in [0.05, 0.1) is 12.8 Å². The van der Waals surface area contributed by atoms with Crippen LogP contribution in [0.1, 0.15) is 24.5 Å². The second-order valence-electron chi connectivity index (χ2n) is 5.64. The molecular weight excluding hydrogens is 302 g/mol. The Hall–Kier alpha value is -2.95. The molecule has 0 fully saturated rings. The lowest BCUT2D eigenvalue weighted by atomic mass is 10.1. The maximum atomic E-state index is 11.9. The fourth-order valence-corrected chi connectivity index (χ4v) is 2.09. The van der Waals surface area contributed by atoms with E-state index in [1.165, 1.54) is 0 Å². The van der Waals surface area contributed by atoms with E-state index < -0.39 is 0 Å². The Kier molecular flexibility index (Phi) is 6.25.